The summed E-state index contributed by atoms with van der Waals surface area (Å²) in [5, 5.41) is 17.9. The molecule has 1 amide bonds. The van der Waals surface area contributed by atoms with Crippen LogP contribution in [-0.4, -0.2) is 70.3 Å². The molecular formula is C19H24N4O3. The molecule has 0 spiro atoms. The largest absolute Gasteiger partial charge is 0.391 e. The number of likely N-dealkylation sites (N-methyl/N-ethyl adjacent to an activating group) is 1. The molecule has 0 radical (unpaired) electrons. The van der Waals surface area contributed by atoms with Crippen molar-refractivity contribution in [2.75, 3.05) is 27.2 Å². The van der Waals surface area contributed by atoms with Crippen molar-refractivity contribution in [3.8, 4) is 0 Å². The number of aliphatic hydroxyl groups is 1. The molecule has 7 nitrogen and oxygen atoms in total. The lowest BCUT2D eigenvalue weighted by atomic mass is 9.77. The normalized spacial score (nSPS) is 28.5. The van der Waals surface area contributed by atoms with E-state index in [1.54, 1.807) is 18.2 Å². The number of nitrogens with zero attached hydrogens (tertiary/aromatic N) is 3. The highest BCUT2D eigenvalue weighted by atomic mass is 16.3. The summed E-state index contributed by atoms with van der Waals surface area (Å²) in [6.45, 7) is 1.31. The predicted octanol–water partition coefficient (Wildman–Crippen LogP) is 0.696. The summed E-state index contributed by atoms with van der Waals surface area (Å²) in [6, 6.07) is 7.19. The minimum absolute atomic E-state index is 0.137. The number of aromatic amines is 1. The zero-order valence-electron chi connectivity index (χ0n) is 15.1. The summed E-state index contributed by atoms with van der Waals surface area (Å²) in [5.41, 5.74) is 0.00717. The summed E-state index contributed by atoms with van der Waals surface area (Å²) >= 11 is 0. The van der Waals surface area contributed by atoms with Gasteiger partial charge in [0.15, 0.2) is 5.69 Å². The average molecular weight is 356 g/mol. The van der Waals surface area contributed by atoms with Gasteiger partial charge >= 0.3 is 0 Å². The molecular weight excluding hydrogens is 332 g/mol. The van der Waals surface area contributed by atoms with Gasteiger partial charge in [-0.05, 0) is 44.8 Å². The van der Waals surface area contributed by atoms with E-state index in [4.69, 9.17) is 0 Å². The van der Waals surface area contributed by atoms with E-state index < -0.39 is 0 Å². The van der Waals surface area contributed by atoms with Crippen molar-refractivity contribution >= 4 is 16.7 Å². The third kappa shape index (κ3) is 2.81. The quantitative estimate of drug-likeness (QED) is 0.827. The number of rotatable bonds is 2. The SMILES string of the molecule is CN(C)[C@@H]1C[C@@H]2CN(C(=O)c3n[nH]c(=O)c4ccccc34)C[C@@H]2C[C@H]1O. The fourth-order valence-electron chi connectivity index (χ4n) is 4.56. The van der Waals surface area contributed by atoms with Crippen molar-refractivity contribution in [1.82, 2.24) is 20.0 Å². The highest BCUT2D eigenvalue weighted by Gasteiger charge is 2.44. The van der Waals surface area contributed by atoms with E-state index in [-0.39, 0.29) is 23.6 Å². The summed E-state index contributed by atoms with van der Waals surface area (Å²) in [4.78, 5) is 28.9. The molecule has 1 aliphatic heterocycles. The molecule has 26 heavy (non-hydrogen) atoms. The minimum atomic E-state index is -0.353. The number of amides is 1. The Morgan fingerprint density at radius 1 is 1.19 bits per heavy atom. The van der Waals surface area contributed by atoms with Gasteiger partial charge in [-0.1, -0.05) is 18.2 Å². The van der Waals surface area contributed by atoms with Crippen LogP contribution in [0.3, 0.4) is 0 Å². The smallest absolute Gasteiger partial charge is 0.274 e. The van der Waals surface area contributed by atoms with Crippen LogP contribution in [0.2, 0.25) is 0 Å². The molecule has 4 rings (SSSR count). The molecule has 0 unspecified atom stereocenters. The number of aliphatic hydroxyl groups excluding tert-OH is 1. The van der Waals surface area contributed by atoms with Crippen LogP contribution in [0.15, 0.2) is 29.1 Å². The van der Waals surface area contributed by atoms with Crippen LogP contribution in [0.5, 0.6) is 0 Å². The number of fused-ring (bicyclic) bond motifs is 2. The number of H-pyrrole nitrogens is 1. The molecule has 2 aliphatic rings. The van der Waals surface area contributed by atoms with Gasteiger partial charge in [-0.2, -0.15) is 5.10 Å². The molecule has 1 saturated carbocycles. The maximum Gasteiger partial charge on any atom is 0.274 e. The molecule has 7 heteroatoms. The van der Waals surface area contributed by atoms with Gasteiger partial charge in [0.1, 0.15) is 0 Å². The Bertz CT molecular complexity index is 894. The number of carbonyl (C=O) groups excluding carboxylic acids is 1. The Morgan fingerprint density at radius 2 is 1.85 bits per heavy atom. The van der Waals surface area contributed by atoms with E-state index in [2.05, 4.69) is 15.1 Å². The molecule has 1 aliphatic carbocycles. The Morgan fingerprint density at radius 3 is 2.54 bits per heavy atom. The van der Waals surface area contributed by atoms with Gasteiger partial charge < -0.3 is 14.9 Å². The third-order valence-electron chi connectivity index (χ3n) is 5.96. The molecule has 1 aromatic carbocycles. The molecule has 2 N–H and O–H groups in total. The van der Waals surface area contributed by atoms with Gasteiger partial charge in [0.2, 0.25) is 0 Å². The van der Waals surface area contributed by atoms with Crippen LogP contribution >= 0.6 is 0 Å². The number of carbonyl (C=O) groups is 1. The van der Waals surface area contributed by atoms with E-state index in [0.717, 1.165) is 12.8 Å². The average Bonchev–Trinajstić information content (AvgIpc) is 3.03. The van der Waals surface area contributed by atoms with Gasteiger partial charge in [0, 0.05) is 24.5 Å². The summed E-state index contributed by atoms with van der Waals surface area (Å²) in [6.07, 6.45) is 1.26. The van der Waals surface area contributed by atoms with E-state index in [1.807, 2.05) is 25.1 Å². The molecule has 2 aromatic rings. The van der Waals surface area contributed by atoms with E-state index in [0.29, 0.717) is 41.4 Å². The van der Waals surface area contributed by atoms with E-state index >= 15 is 0 Å². The van der Waals surface area contributed by atoms with Crippen molar-refractivity contribution in [2.45, 2.75) is 25.0 Å². The zero-order valence-corrected chi connectivity index (χ0v) is 15.1. The molecule has 1 saturated heterocycles. The van der Waals surface area contributed by atoms with E-state index in [1.165, 1.54) is 0 Å². The first-order valence-electron chi connectivity index (χ1n) is 9.07. The molecule has 0 bridgehead atoms. The minimum Gasteiger partial charge on any atom is -0.391 e. The topological polar surface area (TPSA) is 89.5 Å². The van der Waals surface area contributed by atoms with Gasteiger partial charge in [-0.3, -0.25) is 9.59 Å². The van der Waals surface area contributed by atoms with E-state index in [9.17, 15) is 14.7 Å². The molecule has 2 heterocycles. The second-order valence-corrected chi connectivity index (χ2v) is 7.75. The number of likely N-dealkylation sites (tertiary alicyclic amines) is 1. The Balaban J connectivity index is 1.60. The second-order valence-electron chi connectivity index (χ2n) is 7.75. The van der Waals surface area contributed by atoms with Crippen LogP contribution < -0.4 is 5.56 Å². The maximum absolute atomic E-state index is 13.1. The lowest BCUT2D eigenvalue weighted by Gasteiger charge is -2.38. The Labute approximate surface area is 151 Å². The fraction of sp³-hybridized carbons (Fsp3) is 0.526. The molecule has 2 fully saturated rings. The standard InChI is InChI=1S/C19H24N4O3/c1-22(2)15-7-11-9-23(10-12(11)8-16(15)24)19(26)17-13-5-3-4-6-14(13)18(25)21-20-17/h3-6,11-12,15-16,24H,7-10H2,1-2H3,(H,21,25)/t11-,12+,15-,16-/m1/s1. The highest BCUT2D eigenvalue weighted by molar-refractivity contribution is 6.04. The number of aromatic nitrogens is 2. The highest BCUT2D eigenvalue weighted by Crippen LogP contribution is 2.38. The number of nitrogens with one attached hydrogen (secondary N) is 1. The lowest BCUT2D eigenvalue weighted by Crippen LogP contribution is -2.46. The summed E-state index contributed by atoms with van der Waals surface area (Å²) in [7, 11) is 3.98. The van der Waals surface area contributed by atoms with Crippen molar-refractivity contribution < 1.29 is 9.90 Å². The summed E-state index contributed by atoms with van der Waals surface area (Å²) < 4.78 is 0. The van der Waals surface area contributed by atoms with Crippen LogP contribution in [-0.2, 0) is 0 Å². The molecule has 138 valence electrons. The molecule has 4 atom stereocenters. The van der Waals surface area contributed by atoms with Crippen LogP contribution in [0.4, 0.5) is 0 Å². The lowest BCUT2D eigenvalue weighted by molar-refractivity contribution is 0.00940. The second kappa shape index (κ2) is 6.48. The Hall–Kier alpha value is -2.25. The first-order chi connectivity index (χ1) is 12.5. The first kappa shape index (κ1) is 17.2. The summed E-state index contributed by atoms with van der Waals surface area (Å²) in [5.74, 6) is 0.561. The van der Waals surface area contributed by atoms with Crippen LogP contribution in [0, 0.1) is 11.8 Å². The first-order valence-corrected chi connectivity index (χ1v) is 9.07. The van der Waals surface area contributed by atoms with Gasteiger partial charge in [-0.25, -0.2) is 5.10 Å². The van der Waals surface area contributed by atoms with Crippen LogP contribution in [0.1, 0.15) is 23.3 Å². The van der Waals surface area contributed by atoms with Crippen LogP contribution in [0.25, 0.3) is 10.8 Å². The maximum atomic E-state index is 13.1. The van der Waals surface area contributed by atoms with Crippen molar-refractivity contribution in [3.05, 3.63) is 40.3 Å². The van der Waals surface area contributed by atoms with Crippen molar-refractivity contribution in [2.24, 2.45) is 11.8 Å². The van der Waals surface area contributed by atoms with Crippen molar-refractivity contribution in [1.29, 1.82) is 0 Å². The fourth-order valence-corrected chi connectivity index (χ4v) is 4.56. The Kier molecular flexibility index (Phi) is 4.28. The number of benzene rings is 1. The number of hydrogen-bond donors (Lipinski definition) is 2. The monoisotopic (exact) mass is 356 g/mol. The third-order valence-corrected chi connectivity index (χ3v) is 5.96. The van der Waals surface area contributed by atoms with Gasteiger partial charge in [0.05, 0.1) is 11.5 Å². The number of hydrogen-bond acceptors (Lipinski definition) is 5. The molecule has 1 aromatic heterocycles. The zero-order chi connectivity index (χ0) is 18.4. The van der Waals surface area contributed by atoms with Gasteiger partial charge in [0.25, 0.3) is 11.5 Å². The predicted molar refractivity (Wildman–Crippen MR) is 98.0 cm³/mol. The van der Waals surface area contributed by atoms with Crippen molar-refractivity contribution in [3.63, 3.8) is 0 Å². The van der Waals surface area contributed by atoms with Gasteiger partial charge in [-0.15, -0.1) is 0 Å².